The molecule has 0 aliphatic carbocycles. The molecule has 3 rings (SSSR count). The number of methoxy groups -OCH3 is 1. The van der Waals surface area contributed by atoms with Gasteiger partial charge in [0.05, 0.1) is 25.5 Å². The minimum absolute atomic E-state index is 0.164. The second-order valence-corrected chi connectivity index (χ2v) is 7.65. The Morgan fingerprint density at radius 2 is 1.91 bits per heavy atom. The van der Waals surface area contributed by atoms with Gasteiger partial charge in [-0.25, -0.2) is 0 Å². The van der Waals surface area contributed by atoms with Crippen molar-refractivity contribution >= 4 is 11.6 Å². The number of ether oxygens (including phenoxy) is 2. The van der Waals surface area contributed by atoms with Gasteiger partial charge >= 0.3 is 0 Å². The van der Waals surface area contributed by atoms with E-state index in [9.17, 15) is 4.79 Å². The number of benzene rings is 1. The number of anilines is 1. The number of furan rings is 1. The number of rotatable bonds is 11. The monoisotopic (exact) mass is 439 g/mol. The predicted molar refractivity (Wildman–Crippen MR) is 126 cm³/mol. The molecular weight excluding hydrogens is 406 g/mol. The third-order valence-corrected chi connectivity index (χ3v) is 5.69. The Morgan fingerprint density at radius 3 is 2.56 bits per heavy atom. The van der Waals surface area contributed by atoms with Crippen molar-refractivity contribution in [3.8, 4) is 11.5 Å². The first-order valence-corrected chi connectivity index (χ1v) is 11.0. The summed E-state index contributed by atoms with van der Waals surface area (Å²) < 4.78 is 18.9. The van der Waals surface area contributed by atoms with E-state index >= 15 is 0 Å². The molecule has 172 valence electrons. The molecule has 7 nitrogen and oxygen atoms in total. The molecule has 7 heteroatoms. The van der Waals surface area contributed by atoms with Crippen molar-refractivity contribution in [1.82, 2.24) is 9.47 Å². The molecule has 1 amide bonds. The maximum atomic E-state index is 13.0. The Labute approximate surface area is 189 Å². The maximum Gasteiger partial charge on any atom is 0.257 e. The van der Waals surface area contributed by atoms with Gasteiger partial charge in [0.2, 0.25) is 0 Å². The number of aromatic nitrogens is 1. The summed E-state index contributed by atoms with van der Waals surface area (Å²) in [5, 5.41) is 2.99. The molecule has 2 heterocycles. The quantitative estimate of drug-likeness (QED) is 0.468. The number of likely N-dealkylation sites (N-methyl/N-ethyl adjacent to an activating group) is 1. The molecule has 0 bridgehead atoms. The molecule has 0 aliphatic heterocycles. The van der Waals surface area contributed by atoms with Crippen molar-refractivity contribution in [2.75, 3.05) is 38.7 Å². The van der Waals surface area contributed by atoms with Crippen LogP contribution in [0.3, 0.4) is 0 Å². The number of carbonyl (C=O) groups excluding carboxylic acids is 1. The van der Waals surface area contributed by atoms with Crippen molar-refractivity contribution in [3.63, 3.8) is 0 Å². The van der Waals surface area contributed by atoms with Crippen LogP contribution >= 0.6 is 0 Å². The van der Waals surface area contributed by atoms with Gasteiger partial charge in [0.15, 0.2) is 11.5 Å². The summed E-state index contributed by atoms with van der Waals surface area (Å²) in [6, 6.07) is 11.1. The second-order valence-electron chi connectivity index (χ2n) is 7.65. The molecule has 0 atom stereocenters. The summed E-state index contributed by atoms with van der Waals surface area (Å²) in [7, 11) is 1.61. The molecule has 0 unspecified atom stereocenters. The van der Waals surface area contributed by atoms with Crippen LogP contribution in [0, 0.1) is 13.8 Å². The van der Waals surface area contributed by atoms with E-state index in [-0.39, 0.29) is 5.91 Å². The SMILES string of the molecule is CCN(CC)CCOc1cc(NC(=O)c2cc(C)n(Cc3ccco3)c2C)ccc1OC. The summed E-state index contributed by atoms with van der Waals surface area (Å²) in [6.07, 6.45) is 1.66. The fourth-order valence-electron chi connectivity index (χ4n) is 3.72. The maximum absolute atomic E-state index is 13.0. The van der Waals surface area contributed by atoms with E-state index in [1.165, 1.54) is 0 Å². The molecule has 1 N–H and O–H groups in total. The van der Waals surface area contributed by atoms with Crippen LogP contribution in [0.1, 0.15) is 41.4 Å². The van der Waals surface area contributed by atoms with E-state index in [4.69, 9.17) is 13.9 Å². The second kappa shape index (κ2) is 10.9. The number of hydrogen-bond donors (Lipinski definition) is 1. The van der Waals surface area contributed by atoms with Crippen LogP contribution in [0.25, 0.3) is 0 Å². The van der Waals surface area contributed by atoms with E-state index < -0.39 is 0 Å². The first-order chi connectivity index (χ1) is 15.5. The Hall–Kier alpha value is -3.19. The van der Waals surface area contributed by atoms with E-state index in [2.05, 4.69) is 28.6 Å². The Bertz CT molecular complexity index is 1020. The smallest absolute Gasteiger partial charge is 0.257 e. The largest absolute Gasteiger partial charge is 0.493 e. The third kappa shape index (κ3) is 5.53. The van der Waals surface area contributed by atoms with Crippen molar-refractivity contribution in [3.05, 3.63) is 65.4 Å². The van der Waals surface area contributed by atoms with Crippen LogP contribution < -0.4 is 14.8 Å². The van der Waals surface area contributed by atoms with Gasteiger partial charge in [0.1, 0.15) is 12.4 Å². The van der Waals surface area contributed by atoms with Crippen molar-refractivity contribution < 1.29 is 18.7 Å². The van der Waals surface area contributed by atoms with E-state index in [1.807, 2.05) is 44.2 Å². The highest BCUT2D eigenvalue weighted by Crippen LogP contribution is 2.30. The number of hydrogen-bond acceptors (Lipinski definition) is 5. The molecular formula is C25H33N3O4. The molecule has 0 saturated carbocycles. The zero-order valence-electron chi connectivity index (χ0n) is 19.6. The predicted octanol–water partition coefficient (Wildman–Crippen LogP) is 4.73. The lowest BCUT2D eigenvalue weighted by atomic mass is 10.2. The first kappa shape index (κ1) is 23.5. The van der Waals surface area contributed by atoms with Crippen LogP contribution in [0.5, 0.6) is 11.5 Å². The van der Waals surface area contributed by atoms with Crippen LogP contribution in [-0.4, -0.2) is 48.7 Å². The lowest BCUT2D eigenvalue weighted by molar-refractivity contribution is 0.102. The molecule has 0 saturated heterocycles. The van der Waals surface area contributed by atoms with Crippen LogP contribution in [0.15, 0.2) is 47.1 Å². The van der Waals surface area contributed by atoms with Gasteiger partial charge in [-0.3, -0.25) is 4.79 Å². The summed E-state index contributed by atoms with van der Waals surface area (Å²) in [5.41, 5.74) is 3.18. The highest BCUT2D eigenvalue weighted by Gasteiger charge is 2.17. The van der Waals surface area contributed by atoms with Gasteiger partial charge in [-0.05, 0) is 57.3 Å². The number of aryl methyl sites for hydroxylation is 1. The number of carbonyl (C=O) groups is 1. The molecule has 1 aromatic carbocycles. The van der Waals surface area contributed by atoms with E-state index in [1.54, 1.807) is 19.4 Å². The highest BCUT2D eigenvalue weighted by molar-refractivity contribution is 6.05. The topological polar surface area (TPSA) is 68.9 Å². The normalized spacial score (nSPS) is 11.1. The van der Waals surface area contributed by atoms with Gasteiger partial charge in [0.25, 0.3) is 5.91 Å². The first-order valence-electron chi connectivity index (χ1n) is 11.0. The van der Waals surface area contributed by atoms with E-state index in [0.717, 1.165) is 36.8 Å². The Balaban J connectivity index is 1.72. The van der Waals surface area contributed by atoms with Crippen molar-refractivity contribution in [2.45, 2.75) is 34.2 Å². The minimum atomic E-state index is -0.164. The fourth-order valence-corrected chi connectivity index (χ4v) is 3.72. The molecule has 3 aromatic rings. The van der Waals surface area contributed by atoms with Gasteiger partial charge in [-0.1, -0.05) is 13.8 Å². The average molecular weight is 440 g/mol. The summed E-state index contributed by atoms with van der Waals surface area (Å²) in [6.45, 7) is 12.1. The van der Waals surface area contributed by atoms with Gasteiger partial charge < -0.3 is 28.7 Å². The van der Waals surface area contributed by atoms with Crippen molar-refractivity contribution in [2.24, 2.45) is 0 Å². The fraction of sp³-hybridized carbons (Fsp3) is 0.400. The standard InChI is InChI=1S/C25H33N3O4/c1-6-27(7-2)12-14-32-24-16-20(10-11-23(24)30-5)26-25(29)22-15-18(3)28(19(22)4)17-21-9-8-13-31-21/h8-11,13,15-16H,6-7,12,14,17H2,1-5H3,(H,26,29). The minimum Gasteiger partial charge on any atom is -0.493 e. The number of nitrogens with zero attached hydrogens (tertiary/aromatic N) is 2. The lowest BCUT2D eigenvalue weighted by Crippen LogP contribution is -2.28. The molecule has 0 fully saturated rings. The Kier molecular flexibility index (Phi) is 8.00. The zero-order valence-corrected chi connectivity index (χ0v) is 19.6. The van der Waals surface area contributed by atoms with Crippen LogP contribution in [0.2, 0.25) is 0 Å². The van der Waals surface area contributed by atoms with Gasteiger partial charge in [-0.2, -0.15) is 0 Å². The van der Waals surface area contributed by atoms with Crippen LogP contribution in [-0.2, 0) is 6.54 Å². The Morgan fingerprint density at radius 1 is 1.12 bits per heavy atom. The zero-order chi connectivity index (χ0) is 23.1. The molecule has 0 spiro atoms. The summed E-state index contributed by atoms with van der Waals surface area (Å²) >= 11 is 0. The molecule has 32 heavy (non-hydrogen) atoms. The van der Waals surface area contributed by atoms with Crippen molar-refractivity contribution in [1.29, 1.82) is 0 Å². The van der Waals surface area contributed by atoms with Crippen LogP contribution in [0.4, 0.5) is 5.69 Å². The average Bonchev–Trinajstić information content (AvgIpc) is 3.41. The van der Waals surface area contributed by atoms with Gasteiger partial charge in [0, 0.05) is 29.7 Å². The number of nitrogens with one attached hydrogen (secondary N) is 1. The third-order valence-electron chi connectivity index (χ3n) is 5.69. The molecule has 2 aromatic heterocycles. The summed E-state index contributed by atoms with van der Waals surface area (Å²) in [4.78, 5) is 15.3. The highest BCUT2D eigenvalue weighted by atomic mass is 16.5. The lowest BCUT2D eigenvalue weighted by Gasteiger charge is -2.19. The van der Waals surface area contributed by atoms with E-state index in [0.29, 0.717) is 35.9 Å². The summed E-state index contributed by atoms with van der Waals surface area (Å²) in [5.74, 6) is 1.93. The number of amides is 1. The molecule has 0 radical (unpaired) electrons. The molecule has 0 aliphatic rings. The van der Waals surface area contributed by atoms with Gasteiger partial charge in [-0.15, -0.1) is 0 Å².